The second kappa shape index (κ2) is 4.55. The molecular formula is C14H13N7. The van der Waals surface area contributed by atoms with Crippen LogP contribution in [0.1, 0.15) is 6.92 Å². The van der Waals surface area contributed by atoms with Crippen molar-refractivity contribution in [2.24, 2.45) is 0 Å². The highest BCUT2D eigenvalue weighted by Crippen LogP contribution is 2.27. The predicted octanol–water partition coefficient (Wildman–Crippen LogP) is 2.10. The number of aromatic nitrogens is 6. The molecule has 4 heterocycles. The number of anilines is 1. The maximum atomic E-state index is 4.45. The Hall–Kier alpha value is -2.96. The SMILES string of the molecule is CCNc1ncc2c(-c3cnc4nccn4c3)c[nH]c2n1. The number of aromatic amines is 1. The van der Waals surface area contributed by atoms with E-state index in [0.29, 0.717) is 11.7 Å². The first-order valence-corrected chi connectivity index (χ1v) is 6.72. The molecular weight excluding hydrogens is 266 g/mol. The monoisotopic (exact) mass is 279 g/mol. The summed E-state index contributed by atoms with van der Waals surface area (Å²) in [5.74, 6) is 1.31. The fraction of sp³-hybridized carbons (Fsp3) is 0.143. The van der Waals surface area contributed by atoms with Gasteiger partial charge in [-0.3, -0.25) is 4.40 Å². The molecule has 0 aliphatic carbocycles. The smallest absolute Gasteiger partial charge is 0.233 e. The topological polar surface area (TPSA) is 83.8 Å². The lowest BCUT2D eigenvalue weighted by Gasteiger charge is -2.02. The molecule has 0 radical (unpaired) electrons. The molecule has 0 bridgehead atoms. The van der Waals surface area contributed by atoms with Crippen molar-refractivity contribution in [1.29, 1.82) is 0 Å². The van der Waals surface area contributed by atoms with E-state index in [4.69, 9.17) is 0 Å². The molecule has 104 valence electrons. The summed E-state index contributed by atoms with van der Waals surface area (Å²) < 4.78 is 1.89. The van der Waals surface area contributed by atoms with Gasteiger partial charge in [-0.1, -0.05) is 0 Å². The molecule has 0 spiro atoms. The third-order valence-corrected chi connectivity index (χ3v) is 3.32. The van der Waals surface area contributed by atoms with Gasteiger partial charge in [-0.25, -0.2) is 15.0 Å². The molecule has 0 aliphatic heterocycles. The van der Waals surface area contributed by atoms with Crippen LogP contribution in [-0.2, 0) is 0 Å². The van der Waals surface area contributed by atoms with E-state index >= 15 is 0 Å². The van der Waals surface area contributed by atoms with Crippen molar-refractivity contribution in [3.63, 3.8) is 0 Å². The van der Waals surface area contributed by atoms with E-state index in [0.717, 1.165) is 28.7 Å². The van der Waals surface area contributed by atoms with Crippen molar-refractivity contribution < 1.29 is 0 Å². The molecule has 0 saturated carbocycles. The Labute approximate surface area is 120 Å². The molecule has 4 rings (SSSR count). The van der Waals surface area contributed by atoms with Crippen molar-refractivity contribution in [1.82, 2.24) is 29.3 Å². The largest absolute Gasteiger partial charge is 0.354 e. The van der Waals surface area contributed by atoms with Gasteiger partial charge in [-0.2, -0.15) is 4.98 Å². The Kier molecular flexibility index (Phi) is 2.56. The maximum Gasteiger partial charge on any atom is 0.233 e. The van der Waals surface area contributed by atoms with E-state index in [-0.39, 0.29) is 0 Å². The Morgan fingerprint density at radius 2 is 2.19 bits per heavy atom. The molecule has 0 aliphatic rings. The summed E-state index contributed by atoms with van der Waals surface area (Å²) in [5.41, 5.74) is 2.82. The molecule has 7 heteroatoms. The van der Waals surface area contributed by atoms with Crippen LogP contribution in [-0.4, -0.2) is 35.9 Å². The van der Waals surface area contributed by atoms with Crippen molar-refractivity contribution >= 4 is 22.8 Å². The lowest BCUT2D eigenvalue weighted by Crippen LogP contribution is -2.01. The summed E-state index contributed by atoms with van der Waals surface area (Å²) >= 11 is 0. The van der Waals surface area contributed by atoms with Crippen LogP contribution in [0.15, 0.2) is 37.2 Å². The van der Waals surface area contributed by atoms with Gasteiger partial charge in [0.2, 0.25) is 11.7 Å². The van der Waals surface area contributed by atoms with E-state index in [1.165, 1.54) is 0 Å². The Morgan fingerprint density at radius 1 is 1.24 bits per heavy atom. The zero-order valence-electron chi connectivity index (χ0n) is 11.4. The van der Waals surface area contributed by atoms with Gasteiger partial charge in [0.05, 0.1) is 0 Å². The summed E-state index contributed by atoms with van der Waals surface area (Å²) in [6, 6.07) is 0. The van der Waals surface area contributed by atoms with Crippen LogP contribution in [0.4, 0.5) is 5.95 Å². The van der Waals surface area contributed by atoms with Crippen LogP contribution in [0, 0.1) is 0 Å². The molecule has 2 N–H and O–H groups in total. The van der Waals surface area contributed by atoms with Gasteiger partial charge < -0.3 is 10.3 Å². The Balaban J connectivity index is 1.85. The lowest BCUT2D eigenvalue weighted by molar-refractivity contribution is 1.10. The molecule has 4 aromatic heterocycles. The average Bonchev–Trinajstić information content (AvgIpc) is 3.12. The number of imidazole rings is 1. The lowest BCUT2D eigenvalue weighted by atomic mass is 10.1. The summed E-state index contributed by atoms with van der Waals surface area (Å²) in [4.78, 5) is 20.4. The number of hydrogen-bond acceptors (Lipinski definition) is 5. The first-order valence-electron chi connectivity index (χ1n) is 6.72. The molecule has 0 fully saturated rings. The van der Waals surface area contributed by atoms with Crippen LogP contribution in [0.5, 0.6) is 0 Å². The Morgan fingerprint density at radius 3 is 3.10 bits per heavy atom. The van der Waals surface area contributed by atoms with E-state index in [1.54, 1.807) is 6.20 Å². The van der Waals surface area contributed by atoms with Crippen molar-refractivity contribution in [2.45, 2.75) is 6.92 Å². The summed E-state index contributed by atoms with van der Waals surface area (Å²) in [5, 5.41) is 4.07. The van der Waals surface area contributed by atoms with Gasteiger partial charge in [0, 0.05) is 60.2 Å². The minimum Gasteiger partial charge on any atom is -0.354 e. The Bertz CT molecular complexity index is 921. The van der Waals surface area contributed by atoms with Gasteiger partial charge in [0.15, 0.2) is 0 Å². The summed E-state index contributed by atoms with van der Waals surface area (Å²) in [7, 11) is 0. The summed E-state index contributed by atoms with van der Waals surface area (Å²) in [6.07, 6.45) is 11.2. The number of H-pyrrole nitrogens is 1. The third-order valence-electron chi connectivity index (χ3n) is 3.32. The molecule has 0 saturated heterocycles. The number of nitrogens with zero attached hydrogens (tertiary/aromatic N) is 5. The van der Waals surface area contributed by atoms with Crippen LogP contribution in [0.3, 0.4) is 0 Å². The quantitative estimate of drug-likeness (QED) is 0.600. The van der Waals surface area contributed by atoms with Crippen molar-refractivity contribution in [3.05, 3.63) is 37.2 Å². The van der Waals surface area contributed by atoms with Crippen molar-refractivity contribution in [2.75, 3.05) is 11.9 Å². The number of hydrogen-bond donors (Lipinski definition) is 2. The predicted molar refractivity (Wildman–Crippen MR) is 80.0 cm³/mol. The first-order chi connectivity index (χ1) is 10.3. The molecule has 0 atom stereocenters. The van der Waals surface area contributed by atoms with Crippen molar-refractivity contribution in [3.8, 4) is 11.1 Å². The summed E-state index contributed by atoms with van der Waals surface area (Å²) in [6.45, 7) is 2.81. The van der Waals surface area contributed by atoms with Crippen LogP contribution in [0.2, 0.25) is 0 Å². The van der Waals surface area contributed by atoms with Gasteiger partial charge in [-0.15, -0.1) is 0 Å². The number of rotatable bonds is 3. The van der Waals surface area contributed by atoms with E-state index in [9.17, 15) is 0 Å². The highest BCUT2D eigenvalue weighted by Gasteiger charge is 2.10. The fourth-order valence-electron chi connectivity index (χ4n) is 2.34. The van der Waals surface area contributed by atoms with E-state index < -0.39 is 0 Å². The molecule has 0 aromatic carbocycles. The van der Waals surface area contributed by atoms with E-state index in [1.807, 2.05) is 42.3 Å². The van der Waals surface area contributed by atoms with Gasteiger partial charge in [0.1, 0.15) is 5.65 Å². The number of nitrogens with one attached hydrogen (secondary N) is 2. The third kappa shape index (κ3) is 1.90. The van der Waals surface area contributed by atoms with E-state index in [2.05, 4.69) is 30.2 Å². The first kappa shape index (κ1) is 11.8. The van der Waals surface area contributed by atoms with Gasteiger partial charge in [-0.05, 0) is 6.92 Å². The van der Waals surface area contributed by atoms with Gasteiger partial charge in [0.25, 0.3) is 0 Å². The zero-order chi connectivity index (χ0) is 14.2. The molecule has 4 aromatic rings. The van der Waals surface area contributed by atoms with Crippen LogP contribution >= 0.6 is 0 Å². The second-order valence-electron chi connectivity index (χ2n) is 4.67. The minimum absolute atomic E-state index is 0.626. The number of fused-ring (bicyclic) bond motifs is 2. The van der Waals surface area contributed by atoms with Crippen LogP contribution < -0.4 is 5.32 Å². The maximum absolute atomic E-state index is 4.45. The second-order valence-corrected chi connectivity index (χ2v) is 4.67. The highest BCUT2D eigenvalue weighted by molar-refractivity contribution is 5.93. The zero-order valence-corrected chi connectivity index (χ0v) is 11.4. The standard InChI is InChI=1S/C14H13N7/c1-2-15-13-18-7-11-10(6-17-12(11)20-13)9-5-19-14-16-3-4-21(14)8-9/h3-8H,2H2,1H3,(H2,15,17,18,20). The molecule has 7 nitrogen and oxygen atoms in total. The van der Waals surface area contributed by atoms with Gasteiger partial charge >= 0.3 is 0 Å². The molecule has 0 amide bonds. The minimum atomic E-state index is 0.626. The highest BCUT2D eigenvalue weighted by atomic mass is 15.1. The van der Waals surface area contributed by atoms with Crippen LogP contribution in [0.25, 0.3) is 27.9 Å². The average molecular weight is 279 g/mol. The molecule has 0 unspecified atom stereocenters. The normalized spacial score (nSPS) is 11.3. The molecule has 21 heavy (non-hydrogen) atoms. The fourth-order valence-corrected chi connectivity index (χ4v) is 2.34.